The van der Waals surface area contributed by atoms with E-state index in [1.54, 1.807) is 30.3 Å². The second-order valence-electron chi connectivity index (χ2n) is 4.25. The van der Waals surface area contributed by atoms with Crippen molar-refractivity contribution in [2.45, 2.75) is 6.10 Å². The number of halogens is 2. The largest absolute Gasteiger partial charge is 0.387 e. The van der Waals surface area contributed by atoms with Gasteiger partial charge in [0, 0.05) is 11.0 Å². The van der Waals surface area contributed by atoms with Crippen LogP contribution in [0.25, 0.3) is 0 Å². The van der Waals surface area contributed by atoms with Gasteiger partial charge in [-0.05, 0) is 35.9 Å². The standard InChI is InChI=1S/C15H12BrClN2O/c16-12-5-6-14(13(17)7-12)19-9-15(20)11-3-1-10(8-18)2-4-11/h1-7,15,19-20H,9H2. The lowest BCUT2D eigenvalue weighted by Gasteiger charge is -2.14. The zero-order valence-corrected chi connectivity index (χ0v) is 12.8. The van der Waals surface area contributed by atoms with Crippen LogP contribution in [0.2, 0.25) is 5.02 Å². The Morgan fingerprint density at radius 2 is 1.95 bits per heavy atom. The molecule has 1 atom stereocenters. The number of aliphatic hydroxyl groups excluding tert-OH is 1. The van der Waals surface area contributed by atoms with Gasteiger partial charge in [0.15, 0.2) is 0 Å². The van der Waals surface area contributed by atoms with Crippen LogP contribution in [0.1, 0.15) is 17.2 Å². The van der Waals surface area contributed by atoms with Gasteiger partial charge in [0.2, 0.25) is 0 Å². The van der Waals surface area contributed by atoms with Gasteiger partial charge in [0.25, 0.3) is 0 Å². The molecule has 0 spiro atoms. The highest BCUT2D eigenvalue weighted by Gasteiger charge is 2.08. The third kappa shape index (κ3) is 3.73. The van der Waals surface area contributed by atoms with Crippen LogP contribution in [0.5, 0.6) is 0 Å². The van der Waals surface area contributed by atoms with E-state index in [1.165, 1.54) is 0 Å². The van der Waals surface area contributed by atoms with E-state index >= 15 is 0 Å². The van der Waals surface area contributed by atoms with E-state index in [0.717, 1.165) is 15.7 Å². The van der Waals surface area contributed by atoms with Crippen molar-refractivity contribution in [3.05, 3.63) is 63.1 Å². The van der Waals surface area contributed by atoms with E-state index in [4.69, 9.17) is 16.9 Å². The number of benzene rings is 2. The van der Waals surface area contributed by atoms with Crippen LogP contribution in [-0.2, 0) is 0 Å². The summed E-state index contributed by atoms with van der Waals surface area (Å²) in [7, 11) is 0. The molecule has 2 N–H and O–H groups in total. The van der Waals surface area contributed by atoms with Crippen molar-refractivity contribution in [3.63, 3.8) is 0 Å². The predicted molar refractivity (Wildman–Crippen MR) is 83.8 cm³/mol. The second-order valence-corrected chi connectivity index (χ2v) is 5.58. The molecule has 1 unspecified atom stereocenters. The number of rotatable bonds is 4. The summed E-state index contributed by atoms with van der Waals surface area (Å²) in [6, 6.07) is 14.4. The average molecular weight is 352 g/mol. The van der Waals surface area contributed by atoms with E-state index in [2.05, 4.69) is 21.2 Å². The topological polar surface area (TPSA) is 56.0 Å². The molecule has 0 aliphatic rings. The molecule has 0 aromatic heterocycles. The Kier molecular flexibility index (Phi) is 5.02. The van der Waals surface area contributed by atoms with E-state index in [1.807, 2.05) is 18.2 Å². The minimum atomic E-state index is -0.664. The minimum Gasteiger partial charge on any atom is -0.387 e. The lowest BCUT2D eigenvalue weighted by atomic mass is 10.1. The molecule has 102 valence electrons. The molecule has 0 aliphatic carbocycles. The third-order valence-corrected chi connectivity index (χ3v) is 3.65. The summed E-state index contributed by atoms with van der Waals surface area (Å²) in [5.41, 5.74) is 2.09. The van der Waals surface area contributed by atoms with E-state index < -0.39 is 6.10 Å². The van der Waals surface area contributed by atoms with Crippen LogP contribution in [0.15, 0.2) is 46.9 Å². The number of nitriles is 1. The Labute approximate surface area is 130 Å². The fourth-order valence-corrected chi connectivity index (χ4v) is 2.48. The van der Waals surface area contributed by atoms with Gasteiger partial charge in [0.1, 0.15) is 0 Å². The molecule has 2 aromatic carbocycles. The molecule has 3 nitrogen and oxygen atoms in total. The molecule has 0 amide bonds. The molecule has 0 heterocycles. The fourth-order valence-electron chi connectivity index (χ4n) is 1.74. The van der Waals surface area contributed by atoms with E-state index in [9.17, 15) is 5.11 Å². The molecule has 0 saturated heterocycles. The molecular formula is C15H12BrClN2O. The van der Waals surface area contributed by atoms with Crippen molar-refractivity contribution in [1.82, 2.24) is 0 Å². The maximum Gasteiger partial charge on any atom is 0.0991 e. The van der Waals surface area contributed by atoms with Gasteiger partial charge in [0.05, 0.1) is 28.4 Å². The summed E-state index contributed by atoms with van der Waals surface area (Å²) in [6.45, 7) is 0.341. The van der Waals surface area contributed by atoms with Crippen LogP contribution in [-0.4, -0.2) is 11.7 Å². The molecule has 0 saturated carbocycles. The summed E-state index contributed by atoms with van der Waals surface area (Å²) in [6.07, 6.45) is -0.664. The second kappa shape index (κ2) is 6.76. The predicted octanol–water partition coefficient (Wildman–Crippen LogP) is 4.12. The van der Waals surface area contributed by atoms with Gasteiger partial charge >= 0.3 is 0 Å². The van der Waals surface area contributed by atoms with E-state index in [0.29, 0.717) is 17.1 Å². The van der Waals surface area contributed by atoms with Crippen LogP contribution < -0.4 is 5.32 Å². The molecular weight excluding hydrogens is 340 g/mol. The number of hydrogen-bond donors (Lipinski definition) is 2. The van der Waals surface area contributed by atoms with Gasteiger partial charge in [-0.25, -0.2) is 0 Å². The summed E-state index contributed by atoms with van der Waals surface area (Å²) < 4.78 is 0.903. The molecule has 0 radical (unpaired) electrons. The first kappa shape index (κ1) is 14.9. The number of nitrogens with zero attached hydrogens (tertiary/aromatic N) is 1. The summed E-state index contributed by atoms with van der Waals surface area (Å²) >= 11 is 9.43. The molecule has 2 aromatic rings. The fraction of sp³-hybridized carbons (Fsp3) is 0.133. The summed E-state index contributed by atoms with van der Waals surface area (Å²) in [4.78, 5) is 0. The van der Waals surface area contributed by atoms with Gasteiger partial charge in [-0.15, -0.1) is 0 Å². The monoisotopic (exact) mass is 350 g/mol. The molecule has 20 heavy (non-hydrogen) atoms. The van der Waals surface area contributed by atoms with Crippen LogP contribution >= 0.6 is 27.5 Å². The first-order chi connectivity index (χ1) is 9.60. The van der Waals surface area contributed by atoms with Gasteiger partial charge in [-0.1, -0.05) is 39.7 Å². The zero-order valence-electron chi connectivity index (χ0n) is 10.5. The maximum absolute atomic E-state index is 10.1. The van der Waals surface area contributed by atoms with Crippen molar-refractivity contribution in [2.75, 3.05) is 11.9 Å². The Bertz CT molecular complexity index is 637. The number of nitrogens with one attached hydrogen (secondary N) is 1. The summed E-state index contributed by atoms with van der Waals surface area (Å²) in [5, 5.41) is 22.5. The quantitative estimate of drug-likeness (QED) is 0.871. The van der Waals surface area contributed by atoms with Crippen molar-refractivity contribution in [3.8, 4) is 6.07 Å². The molecule has 5 heteroatoms. The molecule has 0 bridgehead atoms. The number of aliphatic hydroxyl groups is 1. The number of hydrogen-bond acceptors (Lipinski definition) is 3. The molecule has 2 rings (SSSR count). The third-order valence-electron chi connectivity index (χ3n) is 2.84. The highest BCUT2D eigenvalue weighted by Crippen LogP contribution is 2.26. The maximum atomic E-state index is 10.1. The van der Waals surface area contributed by atoms with Crippen molar-refractivity contribution >= 4 is 33.2 Å². The Balaban J connectivity index is 2.00. The lowest BCUT2D eigenvalue weighted by molar-refractivity contribution is 0.191. The Morgan fingerprint density at radius 3 is 2.55 bits per heavy atom. The van der Waals surface area contributed by atoms with Gasteiger partial charge in [-0.3, -0.25) is 0 Å². The van der Waals surface area contributed by atoms with Crippen LogP contribution in [0.3, 0.4) is 0 Å². The smallest absolute Gasteiger partial charge is 0.0991 e. The first-order valence-corrected chi connectivity index (χ1v) is 7.14. The van der Waals surface area contributed by atoms with Crippen molar-refractivity contribution in [2.24, 2.45) is 0 Å². The van der Waals surface area contributed by atoms with Crippen LogP contribution in [0.4, 0.5) is 5.69 Å². The Hall–Kier alpha value is -1.54. The summed E-state index contributed by atoms with van der Waals surface area (Å²) in [5.74, 6) is 0. The van der Waals surface area contributed by atoms with Gasteiger partial charge < -0.3 is 10.4 Å². The molecule has 0 aliphatic heterocycles. The SMILES string of the molecule is N#Cc1ccc(C(O)CNc2ccc(Br)cc2Cl)cc1. The Morgan fingerprint density at radius 1 is 1.25 bits per heavy atom. The van der Waals surface area contributed by atoms with Gasteiger partial charge in [-0.2, -0.15) is 5.26 Å². The van der Waals surface area contributed by atoms with E-state index in [-0.39, 0.29) is 0 Å². The van der Waals surface area contributed by atoms with Crippen molar-refractivity contribution in [1.29, 1.82) is 5.26 Å². The lowest BCUT2D eigenvalue weighted by Crippen LogP contribution is -2.12. The highest BCUT2D eigenvalue weighted by atomic mass is 79.9. The first-order valence-electron chi connectivity index (χ1n) is 5.97. The normalized spacial score (nSPS) is 11.7. The minimum absolute atomic E-state index is 0.341. The molecule has 0 fully saturated rings. The zero-order chi connectivity index (χ0) is 14.5. The average Bonchev–Trinajstić information content (AvgIpc) is 2.46. The van der Waals surface area contributed by atoms with Crippen LogP contribution in [0, 0.1) is 11.3 Å². The number of anilines is 1. The van der Waals surface area contributed by atoms with Crippen molar-refractivity contribution < 1.29 is 5.11 Å². The highest BCUT2D eigenvalue weighted by molar-refractivity contribution is 9.10.